The summed E-state index contributed by atoms with van der Waals surface area (Å²) in [6.07, 6.45) is 6.70. The lowest BCUT2D eigenvalue weighted by Gasteiger charge is -2.13. The lowest BCUT2D eigenvalue weighted by atomic mass is 10.2. The first kappa shape index (κ1) is 9.11. The van der Waals surface area contributed by atoms with E-state index < -0.39 is 0 Å². The average molecular weight is 187 g/mol. The second kappa shape index (κ2) is 4.17. The van der Waals surface area contributed by atoms with Crippen LogP contribution < -0.4 is 10.1 Å². The summed E-state index contributed by atoms with van der Waals surface area (Å²) in [6, 6.07) is 7.69. The Hall–Kier alpha value is -1.46. The maximum absolute atomic E-state index is 5.79. The van der Waals surface area contributed by atoms with Gasteiger partial charge >= 0.3 is 0 Å². The van der Waals surface area contributed by atoms with Crippen LogP contribution in [-0.4, -0.2) is 19.2 Å². The molecule has 72 valence electrons. The standard InChI is InChI=1S/C12H13NO/c1-2-10-5-3-4-6-12(10)14-11-7-8-13-9-11/h1,3-6,11,13H,7-9H2. The van der Waals surface area contributed by atoms with E-state index in [4.69, 9.17) is 11.2 Å². The predicted molar refractivity (Wildman–Crippen MR) is 56.3 cm³/mol. The molecule has 1 saturated heterocycles. The second-order valence-corrected chi connectivity index (χ2v) is 3.37. The molecular weight excluding hydrogens is 174 g/mol. The quantitative estimate of drug-likeness (QED) is 0.707. The Kier molecular flexibility index (Phi) is 2.71. The highest BCUT2D eigenvalue weighted by atomic mass is 16.5. The average Bonchev–Trinajstić information content (AvgIpc) is 2.71. The lowest BCUT2D eigenvalue weighted by Crippen LogP contribution is -2.19. The lowest BCUT2D eigenvalue weighted by molar-refractivity contribution is 0.222. The highest BCUT2D eigenvalue weighted by Crippen LogP contribution is 2.19. The molecule has 0 aromatic heterocycles. The fourth-order valence-electron chi connectivity index (χ4n) is 1.60. The van der Waals surface area contributed by atoms with E-state index in [1.807, 2.05) is 24.3 Å². The Labute approximate surface area is 84.3 Å². The fraction of sp³-hybridized carbons (Fsp3) is 0.333. The third-order valence-corrected chi connectivity index (χ3v) is 2.35. The van der Waals surface area contributed by atoms with Crippen molar-refractivity contribution in [3.63, 3.8) is 0 Å². The predicted octanol–water partition coefficient (Wildman–Crippen LogP) is 1.41. The van der Waals surface area contributed by atoms with Gasteiger partial charge in [-0.1, -0.05) is 18.1 Å². The topological polar surface area (TPSA) is 21.3 Å². The van der Waals surface area contributed by atoms with Crippen LogP contribution in [0.4, 0.5) is 0 Å². The van der Waals surface area contributed by atoms with Crippen LogP contribution in [0.5, 0.6) is 5.75 Å². The number of ether oxygens (including phenoxy) is 1. The van der Waals surface area contributed by atoms with Gasteiger partial charge in [0.25, 0.3) is 0 Å². The zero-order valence-corrected chi connectivity index (χ0v) is 7.99. The van der Waals surface area contributed by atoms with E-state index in [1.54, 1.807) is 0 Å². The maximum Gasteiger partial charge on any atom is 0.135 e. The Bertz CT molecular complexity index is 348. The number of hydrogen-bond donors (Lipinski definition) is 1. The highest BCUT2D eigenvalue weighted by molar-refractivity contribution is 5.44. The van der Waals surface area contributed by atoms with Gasteiger partial charge in [-0.2, -0.15) is 0 Å². The van der Waals surface area contributed by atoms with E-state index in [9.17, 15) is 0 Å². The summed E-state index contributed by atoms with van der Waals surface area (Å²) >= 11 is 0. The van der Waals surface area contributed by atoms with Crippen LogP contribution in [0.15, 0.2) is 24.3 Å². The molecule has 1 aliphatic heterocycles. The van der Waals surface area contributed by atoms with E-state index in [0.717, 1.165) is 30.8 Å². The summed E-state index contributed by atoms with van der Waals surface area (Å²) in [4.78, 5) is 0. The van der Waals surface area contributed by atoms with Crippen LogP contribution in [0, 0.1) is 12.3 Å². The SMILES string of the molecule is C#Cc1ccccc1OC1CCNC1. The molecule has 0 bridgehead atoms. The Morgan fingerprint density at radius 3 is 3.00 bits per heavy atom. The smallest absolute Gasteiger partial charge is 0.135 e. The summed E-state index contributed by atoms with van der Waals surface area (Å²) in [5.41, 5.74) is 0.833. The molecule has 0 radical (unpaired) electrons. The fourth-order valence-corrected chi connectivity index (χ4v) is 1.60. The number of nitrogens with one attached hydrogen (secondary N) is 1. The first-order valence-electron chi connectivity index (χ1n) is 4.83. The maximum atomic E-state index is 5.79. The zero-order valence-electron chi connectivity index (χ0n) is 7.99. The first-order chi connectivity index (χ1) is 6.90. The monoisotopic (exact) mass is 187 g/mol. The Morgan fingerprint density at radius 2 is 2.29 bits per heavy atom. The second-order valence-electron chi connectivity index (χ2n) is 3.37. The third kappa shape index (κ3) is 1.89. The van der Waals surface area contributed by atoms with Crippen molar-refractivity contribution < 1.29 is 4.74 Å². The molecule has 2 nitrogen and oxygen atoms in total. The zero-order chi connectivity index (χ0) is 9.80. The van der Waals surface area contributed by atoms with Gasteiger partial charge in [0.15, 0.2) is 0 Å². The van der Waals surface area contributed by atoms with Crippen molar-refractivity contribution in [2.24, 2.45) is 0 Å². The van der Waals surface area contributed by atoms with Crippen molar-refractivity contribution in [2.75, 3.05) is 13.1 Å². The summed E-state index contributed by atoms with van der Waals surface area (Å²) < 4.78 is 5.79. The van der Waals surface area contributed by atoms with Gasteiger partial charge in [0.2, 0.25) is 0 Å². The minimum Gasteiger partial charge on any atom is -0.488 e. The van der Waals surface area contributed by atoms with Crippen LogP contribution in [0.3, 0.4) is 0 Å². The van der Waals surface area contributed by atoms with Crippen molar-refractivity contribution in [2.45, 2.75) is 12.5 Å². The van der Waals surface area contributed by atoms with Gasteiger partial charge in [-0.3, -0.25) is 0 Å². The van der Waals surface area contributed by atoms with Gasteiger partial charge in [0, 0.05) is 6.54 Å². The molecule has 0 saturated carbocycles. The molecule has 2 heteroatoms. The molecule has 0 aliphatic carbocycles. The molecule has 1 N–H and O–H groups in total. The number of hydrogen-bond acceptors (Lipinski definition) is 2. The normalized spacial score (nSPS) is 20.4. The van der Waals surface area contributed by atoms with Crippen molar-refractivity contribution in [1.29, 1.82) is 0 Å². The van der Waals surface area contributed by atoms with Gasteiger partial charge in [-0.15, -0.1) is 6.42 Å². The van der Waals surface area contributed by atoms with Crippen LogP contribution >= 0.6 is 0 Å². The molecule has 1 unspecified atom stereocenters. The van der Waals surface area contributed by atoms with Gasteiger partial charge in [-0.25, -0.2) is 0 Å². The molecule has 1 aliphatic rings. The minimum atomic E-state index is 0.268. The number of terminal acetylenes is 1. The number of benzene rings is 1. The van der Waals surface area contributed by atoms with Gasteiger partial charge in [-0.05, 0) is 25.1 Å². The van der Waals surface area contributed by atoms with Crippen molar-refractivity contribution in [3.05, 3.63) is 29.8 Å². The minimum absolute atomic E-state index is 0.268. The van der Waals surface area contributed by atoms with E-state index in [1.165, 1.54) is 0 Å². The Morgan fingerprint density at radius 1 is 1.43 bits per heavy atom. The van der Waals surface area contributed by atoms with Crippen LogP contribution in [0.2, 0.25) is 0 Å². The van der Waals surface area contributed by atoms with Crippen molar-refractivity contribution in [3.8, 4) is 18.1 Å². The molecule has 1 aromatic carbocycles. The molecular formula is C12H13NO. The number of rotatable bonds is 2. The molecule has 0 amide bonds. The molecule has 1 heterocycles. The van der Waals surface area contributed by atoms with E-state index in [-0.39, 0.29) is 6.10 Å². The molecule has 1 atom stereocenters. The molecule has 0 spiro atoms. The van der Waals surface area contributed by atoms with Crippen molar-refractivity contribution in [1.82, 2.24) is 5.32 Å². The molecule has 1 aromatic rings. The van der Waals surface area contributed by atoms with E-state index in [2.05, 4.69) is 11.2 Å². The first-order valence-corrected chi connectivity index (χ1v) is 4.83. The molecule has 14 heavy (non-hydrogen) atoms. The summed E-state index contributed by atoms with van der Waals surface area (Å²) in [5.74, 6) is 3.45. The third-order valence-electron chi connectivity index (χ3n) is 2.35. The van der Waals surface area contributed by atoms with Crippen LogP contribution in [0.25, 0.3) is 0 Å². The molecule has 2 rings (SSSR count). The Balaban J connectivity index is 2.11. The van der Waals surface area contributed by atoms with Crippen LogP contribution in [0.1, 0.15) is 12.0 Å². The summed E-state index contributed by atoms with van der Waals surface area (Å²) in [6.45, 7) is 1.95. The highest BCUT2D eigenvalue weighted by Gasteiger charge is 2.16. The van der Waals surface area contributed by atoms with Gasteiger partial charge in [0.1, 0.15) is 11.9 Å². The molecule has 1 fully saturated rings. The summed E-state index contributed by atoms with van der Waals surface area (Å²) in [5, 5.41) is 3.25. The van der Waals surface area contributed by atoms with E-state index in [0.29, 0.717) is 0 Å². The van der Waals surface area contributed by atoms with E-state index >= 15 is 0 Å². The van der Waals surface area contributed by atoms with Gasteiger partial charge < -0.3 is 10.1 Å². The van der Waals surface area contributed by atoms with Crippen LogP contribution in [-0.2, 0) is 0 Å². The summed E-state index contributed by atoms with van der Waals surface area (Å²) in [7, 11) is 0. The number of para-hydroxylation sites is 1. The largest absolute Gasteiger partial charge is 0.488 e. The van der Waals surface area contributed by atoms with Gasteiger partial charge in [0.05, 0.1) is 5.56 Å². The van der Waals surface area contributed by atoms with Crippen molar-refractivity contribution >= 4 is 0 Å².